The minimum absolute atomic E-state index is 0.205. The molecule has 0 heteroatoms. The molecule has 2 aromatic rings. The van der Waals surface area contributed by atoms with Crippen molar-refractivity contribution in [2.45, 2.75) is 116 Å². The molecule has 0 amide bonds. The molecule has 8 aliphatic carbocycles. The van der Waals surface area contributed by atoms with Gasteiger partial charge in [0.2, 0.25) is 0 Å². The van der Waals surface area contributed by atoms with Crippen molar-refractivity contribution in [3.63, 3.8) is 0 Å². The van der Waals surface area contributed by atoms with E-state index in [0.29, 0.717) is 32.5 Å². The molecule has 0 aromatic heterocycles. The highest BCUT2D eigenvalue weighted by molar-refractivity contribution is 5.49. The fourth-order valence-corrected chi connectivity index (χ4v) is 15.2. The zero-order valence-electron chi connectivity index (χ0n) is 25.3. The molecule has 206 valence electrons. The van der Waals surface area contributed by atoms with Gasteiger partial charge in [0.15, 0.2) is 0 Å². The van der Waals surface area contributed by atoms with Crippen LogP contribution in [0, 0.1) is 57.2 Å². The van der Waals surface area contributed by atoms with E-state index in [1.807, 2.05) is 0 Å². The summed E-state index contributed by atoms with van der Waals surface area (Å²) in [6, 6.07) is 18.0. The number of benzene rings is 2. The van der Waals surface area contributed by atoms with E-state index in [1.54, 1.807) is 0 Å². The van der Waals surface area contributed by atoms with Crippen molar-refractivity contribution >= 4 is 0 Å². The quantitative estimate of drug-likeness (QED) is 0.349. The molecular weight excluding hydrogens is 480 g/mol. The van der Waals surface area contributed by atoms with Gasteiger partial charge >= 0.3 is 0 Å². The van der Waals surface area contributed by atoms with Crippen molar-refractivity contribution in [1.29, 1.82) is 0 Å². The lowest BCUT2D eigenvalue weighted by atomic mass is 9.24. The van der Waals surface area contributed by atoms with E-state index in [4.69, 9.17) is 12.8 Å². The van der Waals surface area contributed by atoms with Crippen molar-refractivity contribution in [1.82, 2.24) is 0 Å². The van der Waals surface area contributed by atoms with Crippen LogP contribution in [-0.2, 0) is 10.8 Å². The summed E-state index contributed by atoms with van der Waals surface area (Å²) in [6.45, 7) is 10.7. The third-order valence-electron chi connectivity index (χ3n) is 13.6. The average Bonchev–Trinajstić information content (AvgIpc) is 2.84. The SMILES string of the molecule is C#Cc1ccccc1C12CC3(C)CC(C)(C1)CC(C14CC5(C)CC(C)(CC(c6ccccc6C#C)(C5)C1)C4)(C3)C2. The standard InChI is InChI=1S/C40H46/c1-7-29-13-9-11-15-31(29)37-19-33(3)17-34(4,20-37)24-39(23-33,27-37)40-25-35(5)18-36(6,26-40)22-38(21-35,28-40)32-16-12-10-14-30(32)8-2/h1-2,9-16H,17-28H2,3-6H3. The molecule has 0 radical (unpaired) electrons. The fraction of sp³-hybridized carbons (Fsp3) is 0.600. The van der Waals surface area contributed by atoms with Crippen molar-refractivity contribution in [2.75, 3.05) is 0 Å². The van der Waals surface area contributed by atoms with Crippen LogP contribution in [0.2, 0.25) is 0 Å². The molecule has 0 nitrogen and oxygen atoms in total. The monoisotopic (exact) mass is 526 g/mol. The molecule has 10 rings (SSSR count). The second-order valence-corrected chi connectivity index (χ2v) is 17.9. The zero-order valence-corrected chi connectivity index (χ0v) is 25.3. The van der Waals surface area contributed by atoms with Crippen molar-refractivity contribution < 1.29 is 0 Å². The molecule has 40 heavy (non-hydrogen) atoms. The van der Waals surface area contributed by atoms with Crippen molar-refractivity contribution in [2.24, 2.45) is 32.5 Å². The Hall–Kier alpha value is -2.44. The summed E-state index contributed by atoms with van der Waals surface area (Å²) in [4.78, 5) is 0. The molecule has 0 aliphatic heterocycles. The summed E-state index contributed by atoms with van der Waals surface area (Å²) in [5.74, 6) is 6.25. The zero-order chi connectivity index (χ0) is 27.9. The van der Waals surface area contributed by atoms with Gasteiger partial charge in [-0.05, 0) is 144 Å². The van der Waals surface area contributed by atoms with E-state index >= 15 is 0 Å². The lowest BCUT2D eigenvalue weighted by molar-refractivity contribution is -0.275. The predicted octanol–water partition coefficient (Wildman–Crippen LogP) is 9.59. The summed E-state index contributed by atoms with van der Waals surface area (Å²) in [5, 5.41) is 0. The highest BCUT2D eigenvalue weighted by atomic mass is 14.8. The van der Waals surface area contributed by atoms with Crippen LogP contribution in [0.1, 0.15) is 127 Å². The highest BCUT2D eigenvalue weighted by Gasteiger charge is 2.76. The molecule has 8 bridgehead atoms. The van der Waals surface area contributed by atoms with E-state index < -0.39 is 0 Å². The molecule has 4 atom stereocenters. The minimum atomic E-state index is 0.205. The Bertz CT molecular complexity index is 1370. The van der Waals surface area contributed by atoms with Crippen molar-refractivity contribution in [3.05, 3.63) is 70.8 Å². The van der Waals surface area contributed by atoms with Crippen LogP contribution in [0.3, 0.4) is 0 Å². The summed E-state index contributed by atoms with van der Waals surface area (Å²) in [7, 11) is 0. The third kappa shape index (κ3) is 3.13. The van der Waals surface area contributed by atoms with Gasteiger partial charge in [0, 0.05) is 11.1 Å². The summed E-state index contributed by atoms with van der Waals surface area (Å²) in [5.41, 5.74) is 7.99. The molecule has 8 fully saturated rings. The van der Waals surface area contributed by atoms with Crippen LogP contribution in [-0.4, -0.2) is 0 Å². The van der Waals surface area contributed by atoms with Crippen LogP contribution in [0.25, 0.3) is 0 Å². The van der Waals surface area contributed by atoms with Gasteiger partial charge in [-0.15, -0.1) is 12.8 Å². The maximum Gasteiger partial charge on any atom is 0.0280 e. The fourth-order valence-electron chi connectivity index (χ4n) is 15.2. The Morgan fingerprint density at radius 2 is 0.775 bits per heavy atom. The van der Waals surface area contributed by atoms with Crippen LogP contribution in [0.5, 0.6) is 0 Å². The first kappa shape index (κ1) is 25.3. The van der Waals surface area contributed by atoms with Crippen LogP contribution >= 0.6 is 0 Å². The molecule has 0 spiro atoms. The van der Waals surface area contributed by atoms with Gasteiger partial charge in [0.25, 0.3) is 0 Å². The molecule has 0 N–H and O–H groups in total. The predicted molar refractivity (Wildman–Crippen MR) is 165 cm³/mol. The highest BCUT2D eigenvalue weighted by Crippen LogP contribution is 2.85. The maximum atomic E-state index is 6.19. The molecule has 8 saturated carbocycles. The summed E-state index contributed by atoms with van der Waals surface area (Å²) < 4.78 is 0. The number of terminal acetylenes is 2. The lowest BCUT2D eigenvalue weighted by Gasteiger charge is -2.80. The Labute approximate surface area is 243 Å². The van der Waals surface area contributed by atoms with Crippen molar-refractivity contribution in [3.8, 4) is 24.7 Å². The molecule has 8 aliphatic rings. The Kier molecular flexibility index (Phi) is 4.62. The average molecular weight is 527 g/mol. The number of hydrogen-bond acceptors (Lipinski definition) is 0. The first-order chi connectivity index (χ1) is 18.8. The Balaban J connectivity index is 1.34. The van der Waals surface area contributed by atoms with Crippen LogP contribution in [0.4, 0.5) is 0 Å². The number of hydrogen-bond donors (Lipinski definition) is 0. The van der Waals surface area contributed by atoms with E-state index in [0.717, 1.165) is 11.1 Å². The van der Waals surface area contributed by atoms with Crippen LogP contribution < -0.4 is 0 Å². The second kappa shape index (κ2) is 7.30. The Morgan fingerprint density at radius 3 is 1.10 bits per heavy atom. The molecule has 4 unspecified atom stereocenters. The van der Waals surface area contributed by atoms with Gasteiger partial charge < -0.3 is 0 Å². The first-order valence-corrected chi connectivity index (χ1v) is 16.0. The van der Waals surface area contributed by atoms with Gasteiger partial charge in [0.1, 0.15) is 0 Å². The van der Waals surface area contributed by atoms with Gasteiger partial charge in [-0.2, -0.15) is 0 Å². The molecule has 2 aromatic carbocycles. The van der Waals surface area contributed by atoms with E-state index in [2.05, 4.69) is 88.1 Å². The van der Waals surface area contributed by atoms with Gasteiger partial charge in [-0.3, -0.25) is 0 Å². The molecule has 0 heterocycles. The molecule has 0 saturated heterocycles. The van der Waals surface area contributed by atoms with E-state index in [9.17, 15) is 0 Å². The summed E-state index contributed by atoms with van der Waals surface area (Å²) >= 11 is 0. The second-order valence-electron chi connectivity index (χ2n) is 17.9. The minimum Gasteiger partial charge on any atom is -0.115 e. The van der Waals surface area contributed by atoms with Crippen LogP contribution in [0.15, 0.2) is 48.5 Å². The van der Waals surface area contributed by atoms with E-state index in [-0.39, 0.29) is 10.8 Å². The van der Waals surface area contributed by atoms with Gasteiger partial charge in [-0.1, -0.05) is 75.9 Å². The van der Waals surface area contributed by atoms with Gasteiger partial charge in [0.05, 0.1) is 0 Å². The van der Waals surface area contributed by atoms with Gasteiger partial charge in [-0.25, -0.2) is 0 Å². The lowest BCUT2D eigenvalue weighted by Crippen LogP contribution is -2.71. The molecular formula is C40H46. The third-order valence-corrected chi connectivity index (χ3v) is 13.6. The van der Waals surface area contributed by atoms with E-state index in [1.165, 1.54) is 88.2 Å². The first-order valence-electron chi connectivity index (χ1n) is 16.0. The smallest absolute Gasteiger partial charge is 0.0280 e. The summed E-state index contributed by atoms with van der Waals surface area (Å²) in [6.07, 6.45) is 28.7. The largest absolute Gasteiger partial charge is 0.115 e. The normalized spacial score (nSPS) is 49.5. The maximum absolute atomic E-state index is 6.19. The number of rotatable bonds is 3. The topological polar surface area (TPSA) is 0 Å². The Morgan fingerprint density at radius 1 is 0.450 bits per heavy atom.